The molecule has 90 valence electrons. The molecule has 1 aliphatic heterocycles. The normalized spacial score (nSPS) is 22.2. The van der Waals surface area contributed by atoms with Crippen LogP contribution in [0.25, 0.3) is 0 Å². The van der Waals surface area contributed by atoms with Gasteiger partial charge in [-0.25, -0.2) is 0 Å². The molecular weight excluding hydrogens is 204 g/mol. The molecule has 1 aliphatic rings. The second-order valence-corrected chi connectivity index (χ2v) is 6.13. The lowest BCUT2D eigenvalue weighted by atomic mass is 10.0. The lowest BCUT2D eigenvalue weighted by molar-refractivity contribution is 0.161. The first-order chi connectivity index (χ1) is 7.13. The molecule has 0 saturated carbocycles. The van der Waals surface area contributed by atoms with Crippen LogP contribution in [-0.4, -0.2) is 48.1 Å². The van der Waals surface area contributed by atoms with Gasteiger partial charge in [0, 0.05) is 23.9 Å². The van der Waals surface area contributed by atoms with Crippen LogP contribution in [0.4, 0.5) is 0 Å². The topological polar surface area (TPSA) is 15.3 Å². The average molecular weight is 230 g/mol. The van der Waals surface area contributed by atoms with Crippen molar-refractivity contribution in [3.8, 4) is 0 Å². The van der Waals surface area contributed by atoms with Gasteiger partial charge >= 0.3 is 0 Å². The summed E-state index contributed by atoms with van der Waals surface area (Å²) in [7, 11) is 0. The Labute approximate surface area is 99.2 Å². The summed E-state index contributed by atoms with van der Waals surface area (Å²) in [6, 6.07) is 1.48. The smallest absolute Gasteiger partial charge is 0.0141 e. The SMILES string of the molecule is CSC(C)CNC1CCN(C(C)C)CC1. The van der Waals surface area contributed by atoms with Crippen molar-refractivity contribution in [2.45, 2.75) is 50.9 Å². The number of nitrogens with zero attached hydrogens (tertiary/aromatic N) is 1. The van der Waals surface area contributed by atoms with E-state index in [1.165, 1.54) is 25.9 Å². The Kier molecular flexibility index (Phi) is 6.02. The maximum atomic E-state index is 3.68. The minimum Gasteiger partial charge on any atom is -0.313 e. The molecule has 1 fully saturated rings. The first-order valence-corrected chi connectivity index (χ1v) is 7.42. The van der Waals surface area contributed by atoms with Crippen molar-refractivity contribution in [2.75, 3.05) is 25.9 Å². The molecule has 0 bridgehead atoms. The van der Waals surface area contributed by atoms with Gasteiger partial charge in [0.1, 0.15) is 0 Å². The van der Waals surface area contributed by atoms with Crippen molar-refractivity contribution in [3.05, 3.63) is 0 Å². The van der Waals surface area contributed by atoms with Crippen LogP contribution in [0.15, 0.2) is 0 Å². The van der Waals surface area contributed by atoms with Gasteiger partial charge < -0.3 is 10.2 Å². The zero-order valence-electron chi connectivity index (χ0n) is 10.6. The van der Waals surface area contributed by atoms with Crippen LogP contribution in [0.3, 0.4) is 0 Å². The summed E-state index contributed by atoms with van der Waals surface area (Å²) in [6.07, 6.45) is 4.83. The van der Waals surface area contributed by atoms with Crippen LogP contribution in [0, 0.1) is 0 Å². The third kappa shape index (κ3) is 4.75. The number of nitrogens with one attached hydrogen (secondary N) is 1. The largest absolute Gasteiger partial charge is 0.313 e. The quantitative estimate of drug-likeness (QED) is 0.779. The number of rotatable bonds is 5. The number of hydrogen-bond donors (Lipinski definition) is 1. The Morgan fingerprint density at radius 2 is 1.87 bits per heavy atom. The van der Waals surface area contributed by atoms with E-state index in [4.69, 9.17) is 0 Å². The van der Waals surface area contributed by atoms with E-state index >= 15 is 0 Å². The lowest BCUT2D eigenvalue weighted by Gasteiger charge is -2.35. The second kappa shape index (κ2) is 6.77. The van der Waals surface area contributed by atoms with E-state index in [0.29, 0.717) is 0 Å². The molecule has 1 unspecified atom stereocenters. The number of likely N-dealkylation sites (tertiary alicyclic amines) is 1. The van der Waals surface area contributed by atoms with Gasteiger partial charge in [-0.3, -0.25) is 0 Å². The summed E-state index contributed by atoms with van der Waals surface area (Å²) >= 11 is 1.95. The summed E-state index contributed by atoms with van der Waals surface area (Å²) in [6.45, 7) is 10.6. The molecule has 1 rings (SSSR count). The van der Waals surface area contributed by atoms with E-state index in [-0.39, 0.29) is 0 Å². The summed E-state index contributed by atoms with van der Waals surface area (Å²) in [4.78, 5) is 2.58. The summed E-state index contributed by atoms with van der Waals surface area (Å²) < 4.78 is 0. The van der Waals surface area contributed by atoms with Gasteiger partial charge in [0.25, 0.3) is 0 Å². The van der Waals surface area contributed by atoms with Crippen LogP contribution in [0.5, 0.6) is 0 Å². The maximum Gasteiger partial charge on any atom is 0.0141 e. The highest BCUT2D eigenvalue weighted by molar-refractivity contribution is 7.99. The van der Waals surface area contributed by atoms with Gasteiger partial charge in [0.05, 0.1) is 0 Å². The monoisotopic (exact) mass is 230 g/mol. The van der Waals surface area contributed by atoms with Crippen LogP contribution in [0.2, 0.25) is 0 Å². The fraction of sp³-hybridized carbons (Fsp3) is 1.00. The Morgan fingerprint density at radius 1 is 1.27 bits per heavy atom. The van der Waals surface area contributed by atoms with E-state index in [1.807, 2.05) is 11.8 Å². The average Bonchev–Trinajstić information content (AvgIpc) is 2.26. The Bertz CT molecular complexity index is 165. The molecule has 1 saturated heterocycles. The van der Waals surface area contributed by atoms with Crippen molar-refractivity contribution < 1.29 is 0 Å². The first kappa shape index (κ1) is 13.3. The predicted molar refractivity (Wildman–Crippen MR) is 70.7 cm³/mol. The van der Waals surface area contributed by atoms with Crippen molar-refractivity contribution in [1.29, 1.82) is 0 Å². The molecule has 15 heavy (non-hydrogen) atoms. The van der Waals surface area contributed by atoms with Gasteiger partial charge in [-0.15, -0.1) is 0 Å². The third-order valence-corrected chi connectivity index (χ3v) is 4.33. The Hall–Kier alpha value is 0.270. The van der Waals surface area contributed by atoms with Crippen LogP contribution in [-0.2, 0) is 0 Å². The Balaban J connectivity index is 2.14. The molecule has 0 radical (unpaired) electrons. The minimum absolute atomic E-state index is 0.719. The van der Waals surface area contributed by atoms with Crippen molar-refractivity contribution in [2.24, 2.45) is 0 Å². The molecule has 0 aromatic heterocycles. The first-order valence-electron chi connectivity index (χ1n) is 6.13. The highest BCUT2D eigenvalue weighted by Gasteiger charge is 2.20. The number of hydrogen-bond acceptors (Lipinski definition) is 3. The zero-order valence-corrected chi connectivity index (χ0v) is 11.4. The summed E-state index contributed by atoms with van der Waals surface area (Å²) in [5.74, 6) is 0. The fourth-order valence-corrected chi connectivity index (χ4v) is 2.30. The van der Waals surface area contributed by atoms with E-state index in [0.717, 1.165) is 23.9 Å². The van der Waals surface area contributed by atoms with E-state index < -0.39 is 0 Å². The Morgan fingerprint density at radius 3 is 2.33 bits per heavy atom. The minimum atomic E-state index is 0.719. The molecule has 1 atom stereocenters. The standard InChI is InChI=1S/C12H26N2S/c1-10(2)14-7-5-12(6-8-14)13-9-11(3)15-4/h10-13H,5-9H2,1-4H3. The molecule has 3 heteroatoms. The van der Waals surface area contributed by atoms with Gasteiger partial charge in [0.15, 0.2) is 0 Å². The summed E-state index contributed by atoms with van der Waals surface area (Å²) in [5.41, 5.74) is 0. The van der Waals surface area contributed by atoms with Gasteiger partial charge in [-0.05, 0) is 46.0 Å². The van der Waals surface area contributed by atoms with Gasteiger partial charge in [-0.2, -0.15) is 11.8 Å². The third-order valence-electron chi connectivity index (χ3n) is 3.36. The molecule has 0 spiro atoms. The number of thioether (sulfide) groups is 1. The van der Waals surface area contributed by atoms with Crippen LogP contribution >= 0.6 is 11.8 Å². The van der Waals surface area contributed by atoms with Gasteiger partial charge in [-0.1, -0.05) is 6.92 Å². The highest BCUT2D eigenvalue weighted by atomic mass is 32.2. The van der Waals surface area contributed by atoms with Crippen LogP contribution < -0.4 is 5.32 Å². The fourth-order valence-electron chi connectivity index (χ4n) is 2.04. The second-order valence-electron chi connectivity index (χ2n) is 4.86. The molecule has 0 aliphatic carbocycles. The van der Waals surface area contributed by atoms with E-state index in [9.17, 15) is 0 Å². The molecule has 1 N–H and O–H groups in total. The van der Waals surface area contributed by atoms with Crippen LogP contribution in [0.1, 0.15) is 33.6 Å². The van der Waals surface area contributed by atoms with E-state index in [2.05, 4.69) is 37.2 Å². The molecule has 2 nitrogen and oxygen atoms in total. The molecule has 1 heterocycles. The maximum absolute atomic E-state index is 3.68. The lowest BCUT2D eigenvalue weighted by Crippen LogP contribution is -2.46. The molecular formula is C12H26N2S. The molecule has 0 aromatic carbocycles. The van der Waals surface area contributed by atoms with Gasteiger partial charge in [0.2, 0.25) is 0 Å². The highest BCUT2D eigenvalue weighted by Crippen LogP contribution is 2.13. The van der Waals surface area contributed by atoms with E-state index in [1.54, 1.807) is 0 Å². The van der Waals surface area contributed by atoms with Crippen molar-refractivity contribution in [1.82, 2.24) is 10.2 Å². The zero-order chi connectivity index (χ0) is 11.3. The molecule has 0 amide bonds. The number of piperidine rings is 1. The molecule has 0 aromatic rings. The van der Waals surface area contributed by atoms with Crippen molar-refractivity contribution >= 4 is 11.8 Å². The summed E-state index contributed by atoms with van der Waals surface area (Å²) in [5, 5.41) is 4.43. The van der Waals surface area contributed by atoms with Crippen molar-refractivity contribution in [3.63, 3.8) is 0 Å². The predicted octanol–water partition coefficient (Wildman–Crippen LogP) is 2.20.